The van der Waals surface area contributed by atoms with E-state index in [1.54, 1.807) is 12.4 Å². The van der Waals surface area contributed by atoms with Crippen LogP contribution in [-0.4, -0.2) is 10.8 Å². The number of ketones is 1. The molecule has 3 heteroatoms. The highest BCUT2D eigenvalue weighted by molar-refractivity contribution is 9.10. The van der Waals surface area contributed by atoms with Crippen molar-refractivity contribution in [1.82, 2.24) is 4.98 Å². The maximum atomic E-state index is 11.8. The first kappa shape index (κ1) is 11.8. The first-order chi connectivity index (χ1) is 7.74. The Labute approximate surface area is 105 Å². The third kappa shape index (κ3) is 3.41. The number of hydrogen-bond acceptors (Lipinski definition) is 2. The largest absolute Gasteiger partial charge is 0.299 e. The van der Waals surface area contributed by atoms with Crippen molar-refractivity contribution in [1.29, 1.82) is 0 Å². The van der Waals surface area contributed by atoms with Gasteiger partial charge in [-0.1, -0.05) is 25.7 Å². The topological polar surface area (TPSA) is 30.0 Å². The van der Waals surface area contributed by atoms with Gasteiger partial charge in [0.1, 0.15) is 5.78 Å². The van der Waals surface area contributed by atoms with Crippen molar-refractivity contribution in [3.63, 3.8) is 0 Å². The zero-order valence-corrected chi connectivity index (χ0v) is 10.9. The minimum absolute atomic E-state index is 0.354. The molecule has 0 unspecified atom stereocenters. The zero-order chi connectivity index (χ0) is 11.4. The molecule has 0 spiro atoms. The second-order valence-electron chi connectivity index (χ2n) is 4.58. The van der Waals surface area contributed by atoms with Crippen molar-refractivity contribution >= 4 is 21.7 Å². The Morgan fingerprint density at radius 1 is 1.38 bits per heavy atom. The van der Waals surface area contributed by atoms with Crippen LogP contribution in [0.25, 0.3) is 0 Å². The third-order valence-electron chi connectivity index (χ3n) is 3.15. The number of carbonyl (C=O) groups is 1. The maximum absolute atomic E-state index is 11.8. The summed E-state index contributed by atoms with van der Waals surface area (Å²) >= 11 is 3.37. The molecule has 1 aliphatic carbocycles. The Morgan fingerprint density at radius 2 is 2.12 bits per heavy atom. The molecule has 2 rings (SSSR count). The van der Waals surface area contributed by atoms with Crippen molar-refractivity contribution in [2.45, 2.75) is 38.5 Å². The fraction of sp³-hybridized carbons (Fsp3) is 0.538. The van der Waals surface area contributed by atoms with Gasteiger partial charge in [0, 0.05) is 29.7 Å². The van der Waals surface area contributed by atoms with Crippen LogP contribution >= 0.6 is 15.9 Å². The lowest BCUT2D eigenvalue weighted by atomic mass is 9.98. The molecule has 0 radical (unpaired) electrons. The van der Waals surface area contributed by atoms with Gasteiger partial charge >= 0.3 is 0 Å². The van der Waals surface area contributed by atoms with Crippen molar-refractivity contribution in [2.24, 2.45) is 5.92 Å². The highest BCUT2D eigenvalue weighted by atomic mass is 79.9. The third-order valence-corrected chi connectivity index (χ3v) is 3.59. The van der Waals surface area contributed by atoms with Gasteiger partial charge in [0.25, 0.3) is 0 Å². The summed E-state index contributed by atoms with van der Waals surface area (Å²) in [5, 5.41) is 0. The molecule has 86 valence electrons. The number of halogens is 1. The van der Waals surface area contributed by atoms with Gasteiger partial charge in [-0.3, -0.25) is 9.78 Å². The number of hydrogen-bond donors (Lipinski definition) is 0. The van der Waals surface area contributed by atoms with E-state index in [1.165, 1.54) is 25.7 Å². The summed E-state index contributed by atoms with van der Waals surface area (Å²) in [7, 11) is 0. The SMILES string of the molecule is O=C(Cc1cncc(Br)c1)CC1CCCC1. The smallest absolute Gasteiger partial charge is 0.137 e. The molecule has 0 saturated heterocycles. The highest BCUT2D eigenvalue weighted by Crippen LogP contribution is 2.28. The molecule has 0 aromatic carbocycles. The Balaban J connectivity index is 1.86. The second-order valence-corrected chi connectivity index (χ2v) is 5.50. The molecule has 16 heavy (non-hydrogen) atoms. The number of pyridine rings is 1. The molecule has 0 N–H and O–H groups in total. The molecule has 2 nitrogen and oxygen atoms in total. The summed E-state index contributed by atoms with van der Waals surface area (Å²) in [5.41, 5.74) is 1.01. The minimum Gasteiger partial charge on any atom is -0.299 e. The number of Topliss-reactive ketones (excluding diaryl/α,β-unsaturated/α-hetero) is 1. The fourth-order valence-electron chi connectivity index (χ4n) is 2.39. The molecule has 1 aromatic heterocycles. The second kappa shape index (κ2) is 5.58. The van der Waals surface area contributed by atoms with Crippen molar-refractivity contribution < 1.29 is 4.79 Å². The molecule has 0 amide bonds. The number of nitrogens with zero attached hydrogens (tertiary/aromatic N) is 1. The molecular weight excluding hydrogens is 266 g/mol. The number of carbonyl (C=O) groups excluding carboxylic acids is 1. The van der Waals surface area contributed by atoms with E-state index < -0.39 is 0 Å². The molecular formula is C13H16BrNO. The Morgan fingerprint density at radius 3 is 2.81 bits per heavy atom. The molecule has 0 atom stereocenters. The van der Waals surface area contributed by atoms with Crippen LogP contribution in [0.1, 0.15) is 37.7 Å². The van der Waals surface area contributed by atoms with Crippen LogP contribution in [0, 0.1) is 5.92 Å². The standard InChI is InChI=1S/C13H16BrNO/c14-12-5-11(8-15-9-12)7-13(16)6-10-3-1-2-4-10/h5,8-10H,1-4,6-7H2. The van der Waals surface area contributed by atoms with Crippen LogP contribution in [0.5, 0.6) is 0 Å². The van der Waals surface area contributed by atoms with E-state index in [1.807, 2.05) is 6.07 Å². The molecule has 0 aliphatic heterocycles. The Kier molecular flexibility index (Phi) is 4.10. The summed E-state index contributed by atoms with van der Waals surface area (Å²) in [6.07, 6.45) is 9.88. The lowest BCUT2D eigenvalue weighted by Gasteiger charge is -2.07. The summed E-state index contributed by atoms with van der Waals surface area (Å²) in [6.45, 7) is 0. The lowest BCUT2D eigenvalue weighted by Crippen LogP contribution is -2.08. The van der Waals surface area contributed by atoms with Crippen molar-refractivity contribution in [3.05, 3.63) is 28.5 Å². The van der Waals surface area contributed by atoms with Gasteiger partial charge in [0.05, 0.1) is 0 Å². The zero-order valence-electron chi connectivity index (χ0n) is 9.29. The van der Waals surface area contributed by atoms with Gasteiger partial charge in [-0.25, -0.2) is 0 Å². The van der Waals surface area contributed by atoms with Crippen LogP contribution in [-0.2, 0) is 11.2 Å². The Bertz CT molecular complexity index is 372. The summed E-state index contributed by atoms with van der Waals surface area (Å²) in [5.74, 6) is 0.999. The quantitative estimate of drug-likeness (QED) is 0.845. The number of rotatable bonds is 4. The van der Waals surface area contributed by atoms with Gasteiger partial charge in [0.15, 0.2) is 0 Å². The van der Waals surface area contributed by atoms with E-state index in [0.717, 1.165) is 16.5 Å². The minimum atomic E-state index is 0.354. The van der Waals surface area contributed by atoms with E-state index in [-0.39, 0.29) is 0 Å². The summed E-state index contributed by atoms with van der Waals surface area (Å²) < 4.78 is 0.943. The molecule has 1 heterocycles. The van der Waals surface area contributed by atoms with Gasteiger partial charge in [-0.2, -0.15) is 0 Å². The van der Waals surface area contributed by atoms with E-state index in [4.69, 9.17) is 0 Å². The maximum Gasteiger partial charge on any atom is 0.137 e. The van der Waals surface area contributed by atoms with Gasteiger partial charge in [-0.15, -0.1) is 0 Å². The van der Waals surface area contributed by atoms with Crippen LogP contribution in [0.4, 0.5) is 0 Å². The summed E-state index contributed by atoms with van der Waals surface area (Å²) in [6, 6.07) is 1.97. The first-order valence-electron chi connectivity index (χ1n) is 5.85. The fourth-order valence-corrected chi connectivity index (χ4v) is 2.80. The van der Waals surface area contributed by atoms with Gasteiger partial charge in [-0.05, 0) is 33.5 Å². The average molecular weight is 282 g/mol. The van der Waals surface area contributed by atoms with E-state index >= 15 is 0 Å². The average Bonchev–Trinajstić information content (AvgIpc) is 2.70. The van der Waals surface area contributed by atoms with Crippen molar-refractivity contribution in [3.8, 4) is 0 Å². The van der Waals surface area contributed by atoms with E-state index in [9.17, 15) is 4.79 Å². The van der Waals surface area contributed by atoms with Crippen LogP contribution < -0.4 is 0 Å². The van der Waals surface area contributed by atoms with Gasteiger partial charge in [0.2, 0.25) is 0 Å². The summed E-state index contributed by atoms with van der Waals surface area (Å²) in [4.78, 5) is 15.9. The molecule has 0 bridgehead atoms. The van der Waals surface area contributed by atoms with Crippen molar-refractivity contribution in [2.75, 3.05) is 0 Å². The highest BCUT2D eigenvalue weighted by Gasteiger charge is 2.18. The lowest BCUT2D eigenvalue weighted by molar-refractivity contribution is -0.119. The molecule has 1 fully saturated rings. The predicted molar refractivity (Wildman–Crippen MR) is 67.2 cm³/mol. The number of aromatic nitrogens is 1. The molecule has 1 aliphatic rings. The van der Waals surface area contributed by atoms with Crippen LogP contribution in [0.2, 0.25) is 0 Å². The van der Waals surface area contributed by atoms with E-state index in [0.29, 0.717) is 18.1 Å². The Hall–Kier alpha value is -0.700. The van der Waals surface area contributed by atoms with E-state index in [2.05, 4.69) is 20.9 Å². The molecule has 1 saturated carbocycles. The van der Waals surface area contributed by atoms with Crippen LogP contribution in [0.3, 0.4) is 0 Å². The monoisotopic (exact) mass is 281 g/mol. The van der Waals surface area contributed by atoms with Gasteiger partial charge < -0.3 is 0 Å². The van der Waals surface area contributed by atoms with Crippen LogP contribution in [0.15, 0.2) is 22.9 Å². The first-order valence-corrected chi connectivity index (χ1v) is 6.64. The molecule has 1 aromatic rings. The normalized spacial score (nSPS) is 16.6. The predicted octanol–water partition coefficient (Wildman–Crippen LogP) is 3.54.